The second-order valence-corrected chi connectivity index (χ2v) is 7.67. The van der Waals surface area contributed by atoms with Gasteiger partial charge >= 0.3 is 0 Å². The van der Waals surface area contributed by atoms with E-state index in [0.29, 0.717) is 24.2 Å². The van der Waals surface area contributed by atoms with E-state index in [9.17, 15) is 17.6 Å². The Morgan fingerprint density at radius 1 is 1.20 bits per heavy atom. The SMILES string of the molecule is COc1cc(CCNc2cc(C(C)=O)ccc2S(C)(=O)=O)ccc1F. The number of methoxy groups -OCH3 is 1. The Kier molecular flexibility index (Phi) is 5.79. The lowest BCUT2D eigenvalue weighted by Crippen LogP contribution is -2.10. The average molecular weight is 365 g/mol. The van der Waals surface area contributed by atoms with Gasteiger partial charge in [0, 0.05) is 18.4 Å². The molecule has 0 aliphatic heterocycles. The molecule has 134 valence electrons. The molecule has 0 atom stereocenters. The van der Waals surface area contributed by atoms with Crippen molar-refractivity contribution in [3.8, 4) is 5.75 Å². The first-order chi connectivity index (χ1) is 11.7. The highest BCUT2D eigenvalue weighted by atomic mass is 32.2. The van der Waals surface area contributed by atoms with Gasteiger partial charge in [-0.05, 0) is 49.2 Å². The Morgan fingerprint density at radius 3 is 2.52 bits per heavy atom. The van der Waals surface area contributed by atoms with Crippen LogP contribution in [0.15, 0.2) is 41.3 Å². The summed E-state index contributed by atoms with van der Waals surface area (Å²) in [4.78, 5) is 11.7. The number of Topliss-reactive ketones (excluding diaryl/α,β-unsaturated/α-hetero) is 1. The molecule has 0 aliphatic rings. The first kappa shape index (κ1) is 18.9. The molecule has 0 unspecified atom stereocenters. The van der Waals surface area contributed by atoms with E-state index in [-0.39, 0.29) is 16.4 Å². The van der Waals surface area contributed by atoms with Crippen LogP contribution in [0, 0.1) is 5.82 Å². The third-order valence-electron chi connectivity index (χ3n) is 3.73. The molecule has 0 aromatic heterocycles. The summed E-state index contributed by atoms with van der Waals surface area (Å²) in [7, 11) is -2.04. The maximum atomic E-state index is 13.4. The van der Waals surface area contributed by atoms with E-state index in [2.05, 4.69) is 5.32 Å². The van der Waals surface area contributed by atoms with Crippen molar-refractivity contribution in [2.24, 2.45) is 0 Å². The molecule has 5 nitrogen and oxygen atoms in total. The van der Waals surface area contributed by atoms with Gasteiger partial charge in [-0.2, -0.15) is 0 Å². The van der Waals surface area contributed by atoms with E-state index in [1.807, 2.05) is 0 Å². The predicted octanol–water partition coefficient (Wildman–Crippen LogP) is 3.10. The van der Waals surface area contributed by atoms with Crippen LogP contribution >= 0.6 is 0 Å². The van der Waals surface area contributed by atoms with Crippen LogP contribution < -0.4 is 10.1 Å². The van der Waals surface area contributed by atoms with Crippen molar-refractivity contribution in [3.05, 3.63) is 53.3 Å². The molecular weight excluding hydrogens is 345 g/mol. The number of rotatable bonds is 7. The van der Waals surface area contributed by atoms with Gasteiger partial charge in [0.05, 0.1) is 17.7 Å². The van der Waals surface area contributed by atoms with Crippen molar-refractivity contribution >= 4 is 21.3 Å². The minimum Gasteiger partial charge on any atom is -0.494 e. The summed E-state index contributed by atoms with van der Waals surface area (Å²) in [5.41, 5.74) is 1.65. The van der Waals surface area contributed by atoms with E-state index < -0.39 is 15.7 Å². The van der Waals surface area contributed by atoms with Gasteiger partial charge in [-0.3, -0.25) is 4.79 Å². The van der Waals surface area contributed by atoms with Gasteiger partial charge in [-0.1, -0.05) is 6.07 Å². The van der Waals surface area contributed by atoms with E-state index in [0.717, 1.165) is 11.8 Å². The molecule has 25 heavy (non-hydrogen) atoms. The van der Waals surface area contributed by atoms with Crippen molar-refractivity contribution in [2.75, 3.05) is 25.2 Å². The van der Waals surface area contributed by atoms with Crippen molar-refractivity contribution in [3.63, 3.8) is 0 Å². The van der Waals surface area contributed by atoms with Crippen LogP contribution in [0.4, 0.5) is 10.1 Å². The number of benzene rings is 2. The summed E-state index contributed by atoms with van der Waals surface area (Å²) < 4.78 is 42.2. The Hall–Kier alpha value is -2.41. The number of anilines is 1. The predicted molar refractivity (Wildman–Crippen MR) is 94.7 cm³/mol. The topological polar surface area (TPSA) is 72.5 Å². The van der Waals surface area contributed by atoms with Crippen LogP contribution in [0.1, 0.15) is 22.8 Å². The molecule has 0 heterocycles. The molecule has 0 aliphatic carbocycles. The zero-order valence-corrected chi connectivity index (χ0v) is 15.1. The largest absolute Gasteiger partial charge is 0.494 e. The molecule has 2 aromatic carbocycles. The number of nitrogens with one attached hydrogen (secondary N) is 1. The fourth-order valence-electron chi connectivity index (χ4n) is 2.41. The summed E-state index contributed by atoms with van der Waals surface area (Å²) in [6, 6.07) is 9.02. The van der Waals surface area contributed by atoms with Crippen LogP contribution in [0.25, 0.3) is 0 Å². The van der Waals surface area contributed by atoms with E-state index in [1.54, 1.807) is 12.1 Å². The van der Waals surface area contributed by atoms with Gasteiger partial charge in [0.1, 0.15) is 0 Å². The lowest BCUT2D eigenvalue weighted by molar-refractivity contribution is 0.101. The third-order valence-corrected chi connectivity index (χ3v) is 4.89. The summed E-state index contributed by atoms with van der Waals surface area (Å²) in [6.45, 7) is 1.84. The molecular formula is C18H20FNO4S. The number of hydrogen-bond donors (Lipinski definition) is 1. The van der Waals surface area contributed by atoms with Crippen LogP contribution in [0.2, 0.25) is 0 Å². The second kappa shape index (κ2) is 7.65. The number of hydrogen-bond acceptors (Lipinski definition) is 5. The van der Waals surface area contributed by atoms with Gasteiger partial charge in [0.15, 0.2) is 27.2 Å². The molecule has 2 rings (SSSR count). The van der Waals surface area contributed by atoms with Gasteiger partial charge in [-0.15, -0.1) is 0 Å². The summed E-state index contributed by atoms with van der Waals surface area (Å²) >= 11 is 0. The highest BCUT2D eigenvalue weighted by Crippen LogP contribution is 2.24. The summed E-state index contributed by atoms with van der Waals surface area (Å²) in [6.07, 6.45) is 1.65. The van der Waals surface area contributed by atoms with Crippen LogP contribution in [0.5, 0.6) is 5.75 Å². The number of halogens is 1. The number of carbonyl (C=O) groups is 1. The molecule has 0 amide bonds. The smallest absolute Gasteiger partial charge is 0.177 e. The molecule has 0 fully saturated rings. The molecule has 1 N–H and O–H groups in total. The zero-order chi connectivity index (χ0) is 18.6. The molecule has 0 saturated heterocycles. The van der Waals surface area contributed by atoms with Crippen molar-refractivity contribution < 1.29 is 22.3 Å². The lowest BCUT2D eigenvalue weighted by atomic mass is 10.1. The zero-order valence-electron chi connectivity index (χ0n) is 14.3. The molecule has 7 heteroatoms. The van der Waals surface area contributed by atoms with Crippen molar-refractivity contribution in [1.82, 2.24) is 0 Å². The second-order valence-electron chi connectivity index (χ2n) is 5.68. The first-order valence-electron chi connectivity index (χ1n) is 7.63. The Balaban J connectivity index is 2.19. The quantitative estimate of drug-likeness (QED) is 0.764. The van der Waals surface area contributed by atoms with Crippen LogP contribution in [-0.4, -0.2) is 34.1 Å². The molecule has 0 spiro atoms. The number of sulfone groups is 1. The minimum absolute atomic E-state index is 0.134. The number of ketones is 1. The fraction of sp³-hybridized carbons (Fsp3) is 0.278. The Labute approximate surface area is 146 Å². The maximum Gasteiger partial charge on any atom is 0.177 e. The van der Waals surface area contributed by atoms with E-state index in [4.69, 9.17) is 4.74 Å². The average Bonchev–Trinajstić information content (AvgIpc) is 2.55. The normalized spacial score (nSPS) is 11.2. The highest BCUT2D eigenvalue weighted by Gasteiger charge is 2.15. The van der Waals surface area contributed by atoms with Crippen LogP contribution in [-0.2, 0) is 16.3 Å². The lowest BCUT2D eigenvalue weighted by Gasteiger charge is -2.13. The minimum atomic E-state index is -3.43. The standard InChI is InChI=1S/C18H20FNO4S/c1-12(21)14-5-7-18(25(3,22)23)16(11-14)20-9-8-13-4-6-15(19)17(10-13)24-2/h4-7,10-11,20H,8-9H2,1-3H3. The van der Waals surface area contributed by atoms with E-state index >= 15 is 0 Å². The molecule has 0 radical (unpaired) electrons. The monoisotopic (exact) mass is 365 g/mol. The van der Waals surface area contributed by atoms with Gasteiger partial charge < -0.3 is 10.1 Å². The number of ether oxygens (including phenoxy) is 1. The fourth-order valence-corrected chi connectivity index (χ4v) is 3.26. The van der Waals surface area contributed by atoms with Crippen LogP contribution in [0.3, 0.4) is 0 Å². The molecule has 2 aromatic rings. The first-order valence-corrected chi connectivity index (χ1v) is 9.53. The van der Waals surface area contributed by atoms with E-state index in [1.165, 1.54) is 38.3 Å². The van der Waals surface area contributed by atoms with Gasteiger partial charge in [-0.25, -0.2) is 12.8 Å². The van der Waals surface area contributed by atoms with Gasteiger partial charge in [0.2, 0.25) is 0 Å². The van der Waals surface area contributed by atoms with Crippen molar-refractivity contribution in [2.45, 2.75) is 18.2 Å². The Bertz CT molecular complexity index is 894. The third kappa shape index (κ3) is 4.79. The van der Waals surface area contributed by atoms with Crippen molar-refractivity contribution in [1.29, 1.82) is 0 Å². The summed E-state index contributed by atoms with van der Waals surface area (Å²) in [5.74, 6) is -0.424. The highest BCUT2D eigenvalue weighted by molar-refractivity contribution is 7.90. The molecule has 0 bridgehead atoms. The van der Waals surface area contributed by atoms with Gasteiger partial charge in [0.25, 0.3) is 0 Å². The number of carbonyl (C=O) groups excluding carboxylic acids is 1. The maximum absolute atomic E-state index is 13.4. The Morgan fingerprint density at radius 2 is 1.92 bits per heavy atom. The summed E-state index contributed by atoms with van der Waals surface area (Å²) in [5, 5.41) is 3.05. The molecule has 0 saturated carbocycles.